The average Bonchev–Trinajstić information content (AvgIpc) is 2.91. The molecule has 3 rings (SSSR count). The van der Waals surface area contributed by atoms with Gasteiger partial charge in [0.05, 0.1) is 24.7 Å². The summed E-state index contributed by atoms with van der Waals surface area (Å²) >= 11 is 0. The zero-order chi connectivity index (χ0) is 16.2. The van der Waals surface area contributed by atoms with E-state index in [9.17, 15) is 5.11 Å². The molecular weight excluding hydrogens is 288 g/mol. The smallest absolute Gasteiger partial charge is 0.221 e. The lowest BCUT2D eigenvalue weighted by atomic mass is 9.99. The summed E-state index contributed by atoms with van der Waals surface area (Å²) in [6.07, 6.45) is 3.51. The lowest BCUT2D eigenvalue weighted by Gasteiger charge is -2.07. The number of aliphatic hydroxyl groups excluding tert-OH is 1. The van der Waals surface area contributed by atoms with Crippen LogP contribution in [0.2, 0.25) is 0 Å². The summed E-state index contributed by atoms with van der Waals surface area (Å²) in [5.74, 6) is 0.368. The van der Waals surface area contributed by atoms with Gasteiger partial charge in [0.1, 0.15) is 0 Å². The average molecular weight is 306 g/mol. The van der Waals surface area contributed by atoms with Gasteiger partial charge in [-0.05, 0) is 29.2 Å². The van der Waals surface area contributed by atoms with E-state index in [4.69, 9.17) is 5.73 Å². The van der Waals surface area contributed by atoms with Crippen LogP contribution in [-0.4, -0.2) is 21.0 Å². The molecule has 0 fully saturated rings. The van der Waals surface area contributed by atoms with E-state index in [2.05, 4.69) is 10.1 Å². The van der Waals surface area contributed by atoms with Gasteiger partial charge in [0.15, 0.2) is 0 Å². The number of nitrogens with two attached hydrogens (primary N) is 1. The van der Waals surface area contributed by atoms with E-state index in [1.807, 2.05) is 55.5 Å². The molecule has 23 heavy (non-hydrogen) atoms. The molecule has 0 aliphatic heterocycles. The molecule has 5 nitrogen and oxygen atoms in total. The first kappa shape index (κ1) is 15.0. The van der Waals surface area contributed by atoms with Crippen molar-refractivity contribution in [1.82, 2.24) is 9.66 Å². The van der Waals surface area contributed by atoms with Crippen molar-refractivity contribution in [3.63, 3.8) is 0 Å². The molecule has 1 aromatic heterocycles. The molecule has 0 atom stereocenters. The molecule has 1 heterocycles. The molecule has 0 bridgehead atoms. The van der Waals surface area contributed by atoms with E-state index in [-0.39, 0.29) is 6.61 Å². The Morgan fingerprint density at radius 2 is 1.91 bits per heavy atom. The third-order valence-corrected chi connectivity index (χ3v) is 3.58. The van der Waals surface area contributed by atoms with Crippen LogP contribution in [-0.2, 0) is 6.61 Å². The number of aromatic nitrogens is 2. The molecule has 0 aliphatic rings. The number of hydrogen-bond donors (Lipinski definition) is 2. The van der Waals surface area contributed by atoms with E-state index in [0.29, 0.717) is 5.95 Å². The minimum absolute atomic E-state index is 0.0264. The zero-order valence-corrected chi connectivity index (χ0v) is 12.8. The lowest BCUT2D eigenvalue weighted by molar-refractivity contribution is 0.282. The maximum Gasteiger partial charge on any atom is 0.221 e. The monoisotopic (exact) mass is 306 g/mol. The van der Waals surface area contributed by atoms with Crippen molar-refractivity contribution in [2.75, 3.05) is 5.73 Å². The van der Waals surface area contributed by atoms with Crippen molar-refractivity contribution < 1.29 is 5.11 Å². The fourth-order valence-electron chi connectivity index (χ4n) is 2.41. The highest BCUT2D eigenvalue weighted by Crippen LogP contribution is 2.23. The minimum atomic E-state index is 0.0264. The molecule has 116 valence electrons. The fraction of sp³-hybridized carbons (Fsp3) is 0.111. The first-order chi connectivity index (χ1) is 11.2. The molecule has 3 N–H and O–H groups in total. The molecule has 5 heteroatoms. The predicted molar refractivity (Wildman–Crippen MR) is 92.2 cm³/mol. The molecular formula is C18H18N4O. The van der Waals surface area contributed by atoms with Crippen molar-refractivity contribution in [3.05, 3.63) is 71.5 Å². The van der Waals surface area contributed by atoms with Crippen LogP contribution in [0.1, 0.15) is 16.8 Å². The maximum atomic E-state index is 9.43. The molecule has 0 saturated heterocycles. The van der Waals surface area contributed by atoms with Gasteiger partial charge in [-0.2, -0.15) is 5.10 Å². The first-order valence-corrected chi connectivity index (χ1v) is 7.32. The predicted octanol–water partition coefficient (Wildman–Crippen LogP) is 2.82. The number of hydrogen-bond acceptors (Lipinski definition) is 4. The van der Waals surface area contributed by atoms with Gasteiger partial charge in [-0.25, -0.2) is 9.66 Å². The Labute approximate surface area is 134 Å². The number of aryl methyl sites for hydroxylation is 1. The standard InChI is InChI=1S/C18H18N4O/c1-13-11-22(18(19)21-13)20-10-14-6-8-15(9-7-14)17-5-3-2-4-16(17)12-23/h2-11,23H,12H2,1H3,(H2,19,21). The summed E-state index contributed by atoms with van der Waals surface area (Å²) in [6, 6.07) is 15.8. The van der Waals surface area contributed by atoms with Crippen LogP contribution in [0.5, 0.6) is 0 Å². The summed E-state index contributed by atoms with van der Waals surface area (Å²) in [5.41, 5.74) is 10.5. The Morgan fingerprint density at radius 1 is 1.17 bits per heavy atom. The third-order valence-electron chi connectivity index (χ3n) is 3.58. The molecule has 0 saturated carbocycles. The molecule has 0 unspecified atom stereocenters. The van der Waals surface area contributed by atoms with E-state index in [1.54, 1.807) is 17.1 Å². The number of nitrogens with zero attached hydrogens (tertiary/aromatic N) is 3. The highest BCUT2D eigenvalue weighted by atomic mass is 16.3. The Hall–Kier alpha value is -2.92. The second kappa shape index (κ2) is 6.46. The Kier molecular flexibility index (Phi) is 4.21. The number of benzene rings is 2. The summed E-state index contributed by atoms with van der Waals surface area (Å²) in [5, 5.41) is 13.7. The Morgan fingerprint density at radius 3 is 2.57 bits per heavy atom. The minimum Gasteiger partial charge on any atom is -0.392 e. The van der Waals surface area contributed by atoms with Gasteiger partial charge >= 0.3 is 0 Å². The summed E-state index contributed by atoms with van der Waals surface area (Å²) in [7, 11) is 0. The normalized spacial score (nSPS) is 11.2. The lowest BCUT2D eigenvalue weighted by Crippen LogP contribution is -1.97. The molecule has 2 aromatic carbocycles. The second-order valence-electron chi connectivity index (χ2n) is 5.27. The van der Waals surface area contributed by atoms with Gasteiger partial charge in [-0.1, -0.05) is 48.5 Å². The Bertz CT molecular complexity index is 834. The summed E-state index contributed by atoms with van der Waals surface area (Å²) in [4.78, 5) is 4.10. The molecule has 0 radical (unpaired) electrons. The molecule has 3 aromatic rings. The van der Waals surface area contributed by atoms with Crippen LogP contribution in [0, 0.1) is 6.92 Å². The maximum absolute atomic E-state index is 9.43. The van der Waals surface area contributed by atoms with Crippen LogP contribution in [0.3, 0.4) is 0 Å². The number of aliphatic hydroxyl groups is 1. The van der Waals surface area contributed by atoms with Gasteiger partial charge < -0.3 is 10.8 Å². The van der Waals surface area contributed by atoms with Crippen molar-refractivity contribution >= 4 is 12.2 Å². The van der Waals surface area contributed by atoms with Crippen molar-refractivity contribution in [2.24, 2.45) is 5.10 Å². The summed E-state index contributed by atoms with van der Waals surface area (Å²) < 4.78 is 1.55. The number of anilines is 1. The van der Waals surface area contributed by atoms with Crippen LogP contribution in [0.15, 0.2) is 59.8 Å². The largest absolute Gasteiger partial charge is 0.392 e. The van der Waals surface area contributed by atoms with Crippen molar-refractivity contribution in [1.29, 1.82) is 0 Å². The molecule has 0 amide bonds. The SMILES string of the molecule is Cc1cn(N=Cc2ccc(-c3ccccc3CO)cc2)c(N)n1. The second-order valence-corrected chi connectivity index (χ2v) is 5.27. The van der Waals surface area contributed by atoms with Crippen molar-refractivity contribution in [3.8, 4) is 11.1 Å². The first-order valence-electron chi connectivity index (χ1n) is 7.32. The van der Waals surface area contributed by atoms with Crippen LogP contribution >= 0.6 is 0 Å². The van der Waals surface area contributed by atoms with Gasteiger partial charge in [0, 0.05) is 0 Å². The van der Waals surface area contributed by atoms with Gasteiger partial charge in [-0.3, -0.25) is 0 Å². The van der Waals surface area contributed by atoms with E-state index in [1.165, 1.54) is 0 Å². The zero-order valence-electron chi connectivity index (χ0n) is 12.8. The third kappa shape index (κ3) is 3.30. The van der Waals surface area contributed by atoms with E-state index < -0.39 is 0 Å². The van der Waals surface area contributed by atoms with E-state index in [0.717, 1.165) is 27.9 Å². The number of rotatable bonds is 4. The highest BCUT2D eigenvalue weighted by Gasteiger charge is 2.03. The van der Waals surface area contributed by atoms with Crippen molar-refractivity contribution in [2.45, 2.75) is 13.5 Å². The number of nitrogen functional groups attached to an aromatic ring is 1. The topological polar surface area (TPSA) is 76.4 Å². The number of imidazole rings is 1. The van der Waals surface area contributed by atoms with Crippen LogP contribution < -0.4 is 5.73 Å². The van der Waals surface area contributed by atoms with Gasteiger partial charge in [0.25, 0.3) is 0 Å². The Balaban J connectivity index is 1.83. The van der Waals surface area contributed by atoms with Gasteiger partial charge in [-0.15, -0.1) is 0 Å². The van der Waals surface area contributed by atoms with Gasteiger partial charge in [0.2, 0.25) is 5.95 Å². The van der Waals surface area contributed by atoms with E-state index >= 15 is 0 Å². The molecule has 0 aliphatic carbocycles. The van der Waals surface area contributed by atoms with Crippen LogP contribution in [0.4, 0.5) is 5.95 Å². The van der Waals surface area contributed by atoms with Crippen LogP contribution in [0.25, 0.3) is 11.1 Å². The molecule has 0 spiro atoms. The fourth-order valence-corrected chi connectivity index (χ4v) is 2.41. The highest BCUT2D eigenvalue weighted by molar-refractivity contribution is 5.81. The summed E-state index contributed by atoms with van der Waals surface area (Å²) in [6.45, 7) is 1.90. The quantitative estimate of drug-likeness (QED) is 0.728.